The van der Waals surface area contributed by atoms with E-state index in [9.17, 15) is 18.0 Å². The van der Waals surface area contributed by atoms with Gasteiger partial charge in [-0.05, 0) is 36.8 Å². The summed E-state index contributed by atoms with van der Waals surface area (Å²) in [5.74, 6) is -0.729. The van der Waals surface area contributed by atoms with Gasteiger partial charge in [-0.2, -0.15) is 0 Å². The quantitative estimate of drug-likeness (QED) is 0.551. The molecule has 2 aromatic heterocycles. The minimum Gasteiger partial charge on any atom is -0.450 e. The van der Waals surface area contributed by atoms with Crippen LogP contribution in [-0.4, -0.2) is 25.6 Å². The first-order chi connectivity index (χ1) is 13.2. The average Bonchev–Trinajstić information content (AvgIpc) is 3.03. The van der Waals surface area contributed by atoms with Crippen molar-refractivity contribution in [2.45, 2.75) is 11.8 Å². The molecule has 9 heteroatoms. The molecule has 7 nitrogen and oxygen atoms in total. The maximum absolute atomic E-state index is 12.6. The number of fused-ring (bicyclic) bond motifs is 2. The van der Waals surface area contributed by atoms with Crippen molar-refractivity contribution in [3.05, 3.63) is 64.0 Å². The summed E-state index contributed by atoms with van der Waals surface area (Å²) < 4.78 is 29.6. The molecule has 1 N–H and O–H groups in total. The minimum atomic E-state index is -3.34. The maximum atomic E-state index is 12.6. The Morgan fingerprint density at radius 3 is 2.71 bits per heavy atom. The molecular formula is C19H14N2O5S2. The zero-order valence-corrected chi connectivity index (χ0v) is 16.5. The van der Waals surface area contributed by atoms with E-state index in [1.165, 1.54) is 12.1 Å². The normalized spacial score (nSPS) is 11.8. The fourth-order valence-corrected chi connectivity index (χ4v) is 4.40. The second-order valence-electron chi connectivity index (χ2n) is 6.30. The van der Waals surface area contributed by atoms with E-state index >= 15 is 0 Å². The average molecular weight is 414 g/mol. The molecule has 4 rings (SSSR count). The molecule has 2 heterocycles. The number of para-hydroxylation sites is 1. The summed E-state index contributed by atoms with van der Waals surface area (Å²) in [6, 6.07) is 10.9. The highest BCUT2D eigenvalue weighted by Crippen LogP contribution is 2.28. The number of carbonyl (C=O) groups excluding carboxylic acids is 1. The third kappa shape index (κ3) is 3.30. The third-order valence-corrected chi connectivity index (χ3v) is 6.23. The third-order valence-electron chi connectivity index (χ3n) is 4.18. The number of amides is 1. The van der Waals surface area contributed by atoms with Crippen LogP contribution in [0.15, 0.2) is 56.6 Å². The number of aromatic nitrogens is 1. The predicted octanol–water partition coefficient (Wildman–Crippen LogP) is 3.37. The Morgan fingerprint density at radius 2 is 1.96 bits per heavy atom. The van der Waals surface area contributed by atoms with Gasteiger partial charge >= 0.3 is 0 Å². The zero-order valence-electron chi connectivity index (χ0n) is 14.8. The van der Waals surface area contributed by atoms with E-state index in [0.29, 0.717) is 21.2 Å². The van der Waals surface area contributed by atoms with Crippen molar-refractivity contribution in [1.82, 2.24) is 4.98 Å². The van der Waals surface area contributed by atoms with Gasteiger partial charge in [-0.15, -0.1) is 0 Å². The highest BCUT2D eigenvalue weighted by atomic mass is 32.2. The van der Waals surface area contributed by atoms with E-state index in [0.717, 1.165) is 29.2 Å². The minimum absolute atomic E-state index is 0.122. The highest BCUT2D eigenvalue weighted by molar-refractivity contribution is 7.90. The molecule has 142 valence electrons. The van der Waals surface area contributed by atoms with Gasteiger partial charge in [0.2, 0.25) is 0 Å². The van der Waals surface area contributed by atoms with Gasteiger partial charge in [-0.25, -0.2) is 13.4 Å². The molecule has 0 aliphatic heterocycles. The van der Waals surface area contributed by atoms with Crippen LogP contribution in [0.4, 0.5) is 5.13 Å². The van der Waals surface area contributed by atoms with Crippen LogP contribution in [0.25, 0.3) is 21.2 Å². The molecule has 2 aromatic carbocycles. The van der Waals surface area contributed by atoms with Gasteiger partial charge in [-0.3, -0.25) is 14.9 Å². The number of aryl methyl sites for hydroxylation is 1. The Labute approximate surface area is 163 Å². The van der Waals surface area contributed by atoms with Gasteiger partial charge < -0.3 is 4.42 Å². The van der Waals surface area contributed by atoms with E-state index in [4.69, 9.17) is 4.42 Å². The summed E-state index contributed by atoms with van der Waals surface area (Å²) in [4.78, 5) is 29.3. The molecule has 0 bridgehead atoms. The monoisotopic (exact) mass is 414 g/mol. The van der Waals surface area contributed by atoms with Gasteiger partial charge in [0, 0.05) is 12.3 Å². The van der Waals surface area contributed by atoms with Crippen LogP contribution in [-0.2, 0) is 9.84 Å². The van der Waals surface area contributed by atoms with Crippen molar-refractivity contribution < 1.29 is 17.6 Å². The fourth-order valence-electron chi connectivity index (χ4n) is 2.78. The molecule has 0 aliphatic carbocycles. The SMILES string of the molecule is Cc1cccc2c(=O)cc(C(=O)Nc3nc4ccc(S(C)(=O)=O)cc4s3)oc12. The number of hydrogen-bond acceptors (Lipinski definition) is 7. The lowest BCUT2D eigenvalue weighted by Gasteiger charge is -2.04. The van der Waals surface area contributed by atoms with Crippen LogP contribution in [0, 0.1) is 6.92 Å². The summed E-state index contributed by atoms with van der Waals surface area (Å²) in [6.07, 6.45) is 1.13. The van der Waals surface area contributed by atoms with Gasteiger partial charge in [-0.1, -0.05) is 23.5 Å². The predicted molar refractivity (Wildman–Crippen MR) is 108 cm³/mol. The van der Waals surface area contributed by atoms with Crippen LogP contribution < -0.4 is 10.7 Å². The molecule has 28 heavy (non-hydrogen) atoms. The first kappa shape index (κ1) is 18.3. The molecule has 0 saturated carbocycles. The fraction of sp³-hybridized carbons (Fsp3) is 0.105. The molecule has 0 unspecified atom stereocenters. The first-order valence-electron chi connectivity index (χ1n) is 8.18. The van der Waals surface area contributed by atoms with Gasteiger partial charge in [0.1, 0.15) is 5.58 Å². The van der Waals surface area contributed by atoms with Gasteiger partial charge in [0.15, 0.2) is 26.2 Å². The van der Waals surface area contributed by atoms with Crippen molar-refractivity contribution in [1.29, 1.82) is 0 Å². The van der Waals surface area contributed by atoms with Crippen molar-refractivity contribution in [3.8, 4) is 0 Å². The maximum Gasteiger partial charge on any atom is 0.293 e. The van der Waals surface area contributed by atoms with E-state index < -0.39 is 15.7 Å². The smallest absolute Gasteiger partial charge is 0.293 e. The number of thiazole rings is 1. The lowest BCUT2D eigenvalue weighted by Crippen LogP contribution is -2.15. The van der Waals surface area contributed by atoms with Crippen LogP contribution in [0.5, 0.6) is 0 Å². The molecular weight excluding hydrogens is 400 g/mol. The second kappa shape index (κ2) is 6.54. The number of nitrogens with zero attached hydrogens (tertiary/aromatic N) is 1. The van der Waals surface area contributed by atoms with Gasteiger partial charge in [0.25, 0.3) is 5.91 Å². The molecule has 4 aromatic rings. The Bertz CT molecular complexity index is 1420. The largest absolute Gasteiger partial charge is 0.450 e. The van der Waals surface area contributed by atoms with Crippen molar-refractivity contribution >= 4 is 53.4 Å². The van der Waals surface area contributed by atoms with Crippen LogP contribution in [0.3, 0.4) is 0 Å². The first-order valence-corrected chi connectivity index (χ1v) is 10.9. The molecule has 0 radical (unpaired) electrons. The molecule has 0 fully saturated rings. The molecule has 0 aliphatic rings. The van der Waals surface area contributed by atoms with E-state index in [2.05, 4.69) is 10.3 Å². The topological polar surface area (TPSA) is 106 Å². The molecule has 1 amide bonds. The van der Waals surface area contributed by atoms with Crippen LogP contribution >= 0.6 is 11.3 Å². The number of nitrogens with one attached hydrogen (secondary N) is 1. The van der Waals surface area contributed by atoms with Crippen LogP contribution in [0.1, 0.15) is 16.1 Å². The summed E-state index contributed by atoms with van der Waals surface area (Å²) in [5, 5.41) is 3.29. The standard InChI is InChI=1S/C19H14N2O5S2/c1-10-4-3-5-12-14(22)9-15(26-17(10)12)18(23)21-19-20-13-7-6-11(28(2,24)25)8-16(13)27-19/h3-9H,1-2H3,(H,20,21,23). The lowest BCUT2D eigenvalue weighted by molar-refractivity contribution is 0.0997. The van der Waals surface area contributed by atoms with E-state index in [-0.39, 0.29) is 21.2 Å². The lowest BCUT2D eigenvalue weighted by atomic mass is 10.1. The molecule has 0 spiro atoms. The molecule has 0 atom stereocenters. The van der Waals surface area contributed by atoms with E-state index in [1.54, 1.807) is 31.2 Å². The Hall–Kier alpha value is -3.04. The van der Waals surface area contributed by atoms with E-state index in [1.807, 2.05) is 0 Å². The number of benzene rings is 2. The summed E-state index contributed by atoms with van der Waals surface area (Å²) in [6.45, 7) is 1.79. The summed E-state index contributed by atoms with van der Waals surface area (Å²) in [7, 11) is -3.34. The number of anilines is 1. The number of carbonyl (C=O) groups is 1. The highest BCUT2D eigenvalue weighted by Gasteiger charge is 2.16. The second-order valence-corrected chi connectivity index (χ2v) is 9.35. The Balaban J connectivity index is 1.69. The zero-order chi connectivity index (χ0) is 20.1. The van der Waals surface area contributed by atoms with Crippen LogP contribution in [0.2, 0.25) is 0 Å². The number of sulfone groups is 1. The Morgan fingerprint density at radius 1 is 1.18 bits per heavy atom. The van der Waals surface area contributed by atoms with Crippen molar-refractivity contribution in [3.63, 3.8) is 0 Å². The van der Waals surface area contributed by atoms with Gasteiger partial charge in [0.05, 0.1) is 20.5 Å². The van der Waals surface area contributed by atoms with Crippen molar-refractivity contribution in [2.75, 3.05) is 11.6 Å². The number of rotatable bonds is 3. The summed E-state index contributed by atoms with van der Waals surface area (Å²) in [5.41, 5.74) is 1.36. The van der Waals surface area contributed by atoms with Crippen molar-refractivity contribution in [2.24, 2.45) is 0 Å². The summed E-state index contributed by atoms with van der Waals surface area (Å²) >= 11 is 1.13. The Kier molecular flexibility index (Phi) is 4.28. The number of hydrogen-bond donors (Lipinski definition) is 1. The molecule has 0 saturated heterocycles.